The van der Waals surface area contributed by atoms with Crippen LogP contribution in [-0.2, 0) is 32.0 Å². The van der Waals surface area contributed by atoms with Crippen LogP contribution in [0, 0.1) is 16.7 Å². The molecule has 2 fully saturated rings. The first-order valence-electron chi connectivity index (χ1n) is 13.1. The molecule has 1 N–H and O–H groups in total. The van der Waals surface area contributed by atoms with Gasteiger partial charge in [-0.1, -0.05) is 39.0 Å². The number of piperidine rings is 1. The zero-order chi connectivity index (χ0) is 26.5. The molecule has 2 heterocycles. The van der Waals surface area contributed by atoms with Gasteiger partial charge in [-0.2, -0.15) is 0 Å². The average molecular weight is 523 g/mol. The topological polar surface area (TPSA) is 92.8 Å². The van der Waals surface area contributed by atoms with Crippen molar-refractivity contribution < 1.29 is 23.9 Å². The first-order chi connectivity index (χ1) is 17.6. The summed E-state index contributed by atoms with van der Waals surface area (Å²) in [5, 5.41) is 5.12. The summed E-state index contributed by atoms with van der Waals surface area (Å²) in [6.07, 6.45) is 5.79. The van der Waals surface area contributed by atoms with E-state index in [1.165, 1.54) is 40.9 Å². The Kier molecular flexibility index (Phi) is 6.51. The predicted molar refractivity (Wildman–Crippen MR) is 142 cm³/mol. The smallest absolute Gasteiger partial charge is 0.341 e. The number of benzene rings is 1. The molecule has 2 atom stereocenters. The van der Waals surface area contributed by atoms with Crippen LogP contribution >= 0.6 is 11.3 Å². The van der Waals surface area contributed by atoms with Crippen molar-refractivity contribution in [2.75, 3.05) is 19.0 Å². The third kappa shape index (κ3) is 4.10. The highest BCUT2D eigenvalue weighted by atomic mass is 32.1. The molecule has 1 saturated heterocycles. The number of methoxy groups -OCH3 is 1. The van der Waals surface area contributed by atoms with E-state index in [2.05, 4.69) is 17.4 Å². The number of likely N-dealkylation sites (tertiary alicyclic amines) is 1. The molecule has 0 spiro atoms. The molecule has 2 aromatic rings. The van der Waals surface area contributed by atoms with E-state index < -0.39 is 11.4 Å². The van der Waals surface area contributed by atoms with Crippen molar-refractivity contribution in [3.05, 3.63) is 40.3 Å². The number of thiophene rings is 1. The van der Waals surface area contributed by atoms with Gasteiger partial charge in [0.25, 0.3) is 0 Å². The van der Waals surface area contributed by atoms with E-state index in [1.807, 2.05) is 32.2 Å². The summed E-state index contributed by atoms with van der Waals surface area (Å²) in [5.74, 6) is -1.45. The highest BCUT2D eigenvalue weighted by Crippen LogP contribution is 2.60. The fourth-order valence-corrected chi connectivity index (χ4v) is 7.36. The van der Waals surface area contributed by atoms with Crippen LogP contribution < -0.4 is 5.32 Å². The lowest BCUT2D eigenvalue weighted by Gasteiger charge is -2.47. The summed E-state index contributed by atoms with van der Waals surface area (Å²) >= 11 is 1.27. The number of carbonyl (C=O) groups excluding carboxylic acids is 4. The SMILES string of the molecule is COC(=O)c1c(-c2ccc3c(c2)CCCC3)csc1NC(=O)CCN1C(=O)C2CCC(C)(C1=O)C2(C)C. The first-order valence-corrected chi connectivity index (χ1v) is 13.9. The van der Waals surface area contributed by atoms with Gasteiger partial charge in [-0.3, -0.25) is 19.3 Å². The third-order valence-electron chi connectivity index (χ3n) is 9.16. The van der Waals surface area contributed by atoms with Crippen LogP contribution in [0.3, 0.4) is 0 Å². The summed E-state index contributed by atoms with van der Waals surface area (Å²) in [4.78, 5) is 53.3. The number of fused-ring (bicyclic) bond motifs is 3. The number of esters is 1. The molecular weight excluding hydrogens is 488 g/mol. The van der Waals surface area contributed by atoms with E-state index in [4.69, 9.17) is 4.74 Å². The average Bonchev–Trinajstić information content (AvgIpc) is 3.37. The summed E-state index contributed by atoms with van der Waals surface area (Å²) in [6, 6.07) is 6.29. The largest absolute Gasteiger partial charge is 0.465 e. The Hall–Kier alpha value is -3.00. The Bertz CT molecular complexity index is 1300. The predicted octanol–water partition coefficient (Wildman–Crippen LogP) is 5.22. The molecule has 1 saturated carbocycles. The normalized spacial score (nSPS) is 24.1. The van der Waals surface area contributed by atoms with Crippen molar-refractivity contribution in [1.82, 2.24) is 4.90 Å². The molecule has 3 aliphatic rings. The number of rotatable bonds is 6. The molecule has 3 amide bonds. The van der Waals surface area contributed by atoms with Crippen molar-refractivity contribution in [3.63, 3.8) is 0 Å². The fourth-order valence-electron chi connectivity index (χ4n) is 6.38. The van der Waals surface area contributed by atoms with Gasteiger partial charge >= 0.3 is 5.97 Å². The highest BCUT2D eigenvalue weighted by Gasteiger charge is 2.64. The lowest BCUT2D eigenvalue weighted by atomic mass is 9.62. The van der Waals surface area contributed by atoms with Gasteiger partial charge in [0, 0.05) is 29.8 Å². The fraction of sp³-hybridized carbons (Fsp3) is 0.517. The molecular formula is C29H34N2O5S. The zero-order valence-electron chi connectivity index (χ0n) is 21.9. The Morgan fingerprint density at radius 1 is 1.14 bits per heavy atom. The Morgan fingerprint density at radius 2 is 1.86 bits per heavy atom. The second-order valence-electron chi connectivity index (χ2n) is 11.3. The quantitative estimate of drug-likeness (QED) is 0.415. The molecule has 1 aromatic carbocycles. The van der Waals surface area contributed by atoms with E-state index >= 15 is 0 Å². The van der Waals surface area contributed by atoms with E-state index in [0.717, 1.165) is 30.4 Å². The van der Waals surface area contributed by atoms with Gasteiger partial charge in [0.1, 0.15) is 10.6 Å². The van der Waals surface area contributed by atoms with Crippen LogP contribution in [0.5, 0.6) is 0 Å². The first kappa shape index (κ1) is 25.6. The summed E-state index contributed by atoms with van der Waals surface area (Å²) in [5.41, 5.74) is 3.65. The van der Waals surface area contributed by atoms with Crippen molar-refractivity contribution in [2.45, 2.75) is 65.7 Å². The van der Waals surface area contributed by atoms with Crippen molar-refractivity contribution in [1.29, 1.82) is 0 Å². The highest BCUT2D eigenvalue weighted by molar-refractivity contribution is 7.15. The Labute approximate surface area is 221 Å². The van der Waals surface area contributed by atoms with Crippen LogP contribution in [0.15, 0.2) is 23.6 Å². The van der Waals surface area contributed by atoms with E-state index in [-0.39, 0.29) is 42.0 Å². The maximum absolute atomic E-state index is 13.3. The standard InChI is InChI=1S/C29H34N2O5S/c1-28(2)21-11-13-29(28,3)27(35)31(25(21)33)14-12-22(32)30-24-23(26(34)36-4)20(16-37-24)19-10-9-17-7-5-6-8-18(17)15-19/h9-10,15-16,21H,5-8,11-14H2,1-4H3,(H,30,32). The van der Waals surface area contributed by atoms with Gasteiger partial charge in [-0.05, 0) is 60.6 Å². The zero-order valence-corrected chi connectivity index (χ0v) is 22.8. The number of nitrogens with zero attached hydrogens (tertiary/aromatic N) is 1. The van der Waals surface area contributed by atoms with E-state index in [9.17, 15) is 19.2 Å². The molecule has 196 valence electrons. The van der Waals surface area contributed by atoms with Gasteiger partial charge in [-0.25, -0.2) is 4.79 Å². The van der Waals surface area contributed by atoms with Gasteiger partial charge < -0.3 is 10.1 Å². The summed E-state index contributed by atoms with van der Waals surface area (Å²) < 4.78 is 5.05. The second kappa shape index (κ2) is 9.39. The number of imide groups is 1. The van der Waals surface area contributed by atoms with Gasteiger partial charge in [-0.15, -0.1) is 11.3 Å². The molecule has 1 aromatic heterocycles. The maximum Gasteiger partial charge on any atom is 0.341 e. The summed E-state index contributed by atoms with van der Waals surface area (Å²) in [7, 11) is 1.33. The maximum atomic E-state index is 13.3. The summed E-state index contributed by atoms with van der Waals surface area (Å²) in [6.45, 7) is 5.96. The minimum absolute atomic E-state index is 0.0300. The number of nitrogens with one attached hydrogen (secondary N) is 1. The number of amides is 3. The number of ether oxygens (including phenoxy) is 1. The van der Waals surface area contributed by atoms with Gasteiger partial charge in [0.2, 0.25) is 17.7 Å². The molecule has 8 heteroatoms. The third-order valence-corrected chi connectivity index (χ3v) is 10.1. The lowest BCUT2D eigenvalue weighted by Crippen LogP contribution is -2.59. The molecule has 7 nitrogen and oxygen atoms in total. The molecule has 2 aliphatic carbocycles. The molecule has 2 unspecified atom stereocenters. The van der Waals surface area contributed by atoms with Crippen molar-refractivity contribution >= 4 is 40.0 Å². The monoisotopic (exact) mass is 522 g/mol. The number of hydrogen-bond acceptors (Lipinski definition) is 6. The number of anilines is 1. The second-order valence-corrected chi connectivity index (χ2v) is 12.2. The molecule has 1 aliphatic heterocycles. The molecule has 37 heavy (non-hydrogen) atoms. The van der Waals surface area contributed by atoms with E-state index in [1.54, 1.807) is 0 Å². The van der Waals surface area contributed by atoms with Crippen molar-refractivity contribution in [3.8, 4) is 11.1 Å². The Morgan fingerprint density at radius 3 is 2.59 bits per heavy atom. The van der Waals surface area contributed by atoms with E-state index in [0.29, 0.717) is 23.4 Å². The molecule has 2 bridgehead atoms. The molecule has 5 rings (SSSR count). The van der Waals surface area contributed by atoms with Crippen LogP contribution in [-0.4, -0.2) is 42.2 Å². The van der Waals surface area contributed by atoms with Gasteiger partial charge in [0.05, 0.1) is 12.5 Å². The van der Waals surface area contributed by atoms with Crippen molar-refractivity contribution in [2.24, 2.45) is 16.7 Å². The number of aryl methyl sites for hydroxylation is 2. The van der Waals surface area contributed by atoms with Crippen LogP contribution in [0.1, 0.15) is 74.4 Å². The lowest BCUT2D eigenvalue weighted by molar-refractivity contribution is -0.167. The number of hydrogen-bond donors (Lipinski definition) is 1. The molecule has 0 radical (unpaired) electrons. The minimum Gasteiger partial charge on any atom is -0.465 e. The van der Waals surface area contributed by atoms with Crippen LogP contribution in [0.4, 0.5) is 5.00 Å². The van der Waals surface area contributed by atoms with Crippen LogP contribution in [0.2, 0.25) is 0 Å². The van der Waals surface area contributed by atoms with Gasteiger partial charge in [0.15, 0.2) is 0 Å². The Balaban J connectivity index is 1.33. The number of carbonyl (C=O) groups is 4. The minimum atomic E-state index is -0.600. The van der Waals surface area contributed by atoms with Crippen LogP contribution in [0.25, 0.3) is 11.1 Å².